The summed E-state index contributed by atoms with van der Waals surface area (Å²) in [4.78, 5) is 14.8. The summed E-state index contributed by atoms with van der Waals surface area (Å²) < 4.78 is 1.76. The molecule has 0 amide bonds. The van der Waals surface area contributed by atoms with Crippen LogP contribution in [0.3, 0.4) is 0 Å². The highest BCUT2D eigenvalue weighted by molar-refractivity contribution is 6.29. The predicted octanol–water partition coefficient (Wildman–Crippen LogP) is 1.74. The lowest BCUT2D eigenvalue weighted by Gasteiger charge is -2.07. The minimum Gasteiger partial charge on any atom is -0.478 e. The Morgan fingerprint density at radius 3 is 3.00 bits per heavy atom. The van der Waals surface area contributed by atoms with Crippen LogP contribution >= 0.6 is 11.6 Å². The number of anilines is 1. The summed E-state index contributed by atoms with van der Waals surface area (Å²) in [5.41, 5.74) is 0.108. The Kier molecular flexibility index (Phi) is 3.78. The van der Waals surface area contributed by atoms with E-state index < -0.39 is 5.97 Å². The van der Waals surface area contributed by atoms with Crippen molar-refractivity contribution < 1.29 is 9.90 Å². The summed E-state index contributed by atoms with van der Waals surface area (Å²) in [5.74, 6) is -0.596. The fourth-order valence-electron chi connectivity index (χ4n) is 1.44. The van der Waals surface area contributed by atoms with Gasteiger partial charge in [-0.05, 0) is 18.2 Å². The molecule has 0 radical (unpaired) electrons. The first-order chi connectivity index (χ1) is 8.65. The zero-order valence-corrected chi connectivity index (χ0v) is 10.1. The number of nitrogens with one attached hydrogen (secondary N) is 1. The van der Waals surface area contributed by atoms with Crippen molar-refractivity contribution in [2.24, 2.45) is 0 Å². The highest BCUT2D eigenvalue weighted by Crippen LogP contribution is 2.14. The Balaban J connectivity index is 1.98. The first-order valence-electron chi connectivity index (χ1n) is 5.27. The lowest BCUT2D eigenvalue weighted by Crippen LogP contribution is -2.12. The Hall–Kier alpha value is -2.08. The van der Waals surface area contributed by atoms with Crippen LogP contribution in [0.5, 0.6) is 0 Å². The molecular formula is C11H11ClN4O2. The Labute approximate surface area is 108 Å². The molecule has 6 nitrogen and oxygen atoms in total. The zero-order chi connectivity index (χ0) is 13.0. The second kappa shape index (κ2) is 5.50. The van der Waals surface area contributed by atoms with Gasteiger partial charge < -0.3 is 10.4 Å². The number of hydrogen-bond acceptors (Lipinski definition) is 4. The van der Waals surface area contributed by atoms with E-state index in [1.807, 2.05) is 12.3 Å². The van der Waals surface area contributed by atoms with Gasteiger partial charge in [0.1, 0.15) is 11.0 Å². The minimum atomic E-state index is -1.03. The lowest BCUT2D eigenvalue weighted by molar-refractivity contribution is 0.0697. The molecule has 0 aliphatic heterocycles. The van der Waals surface area contributed by atoms with Crippen molar-refractivity contribution in [1.82, 2.24) is 14.8 Å². The zero-order valence-electron chi connectivity index (χ0n) is 9.38. The molecule has 7 heteroatoms. The molecule has 0 saturated carbocycles. The van der Waals surface area contributed by atoms with Crippen LogP contribution in [0.25, 0.3) is 0 Å². The fraction of sp³-hybridized carbons (Fsp3) is 0.182. The third kappa shape index (κ3) is 3.21. The topological polar surface area (TPSA) is 80.0 Å². The monoisotopic (exact) mass is 266 g/mol. The van der Waals surface area contributed by atoms with Gasteiger partial charge in [0.15, 0.2) is 0 Å². The van der Waals surface area contributed by atoms with Gasteiger partial charge in [0, 0.05) is 18.9 Å². The fourth-order valence-corrected chi connectivity index (χ4v) is 1.65. The molecule has 0 aliphatic rings. The molecule has 94 valence electrons. The molecule has 0 atom stereocenters. The van der Waals surface area contributed by atoms with Crippen LogP contribution < -0.4 is 5.32 Å². The van der Waals surface area contributed by atoms with Gasteiger partial charge in [-0.1, -0.05) is 11.6 Å². The van der Waals surface area contributed by atoms with Gasteiger partial charge in [-0.15, -0.1) is 0 Å². The maximum absolute atomic E-state index is 10.8. The highest BCUT2D eigenvalue weighted by Gasteiger charge is 2.07. The maximum Gasteiger partial charge on any atom is 0.335 e. The van der Waals surface area contributed by atoms with Crippen molar-refractivity contribution in [2.75, 3.05) is 11.9 Å². The largest absolute Gasteiger partial charge is 0.478 e. The number of nitrogens with zero attached hydrogens (tertiary/aromatic N) is 3. The van der Waals surface area contributed by atoms with Crippen LogP contribution in [0.15, 0.2) is 30.6 Å². The van der Waals surface area contributed by atoms with Gasteiger partial charge in [0.25, 0.3) is 0 Å². The van der Waals surface area contributed by atoms with Gasteiger partial charge in [-0.25, -0.2) is 9.78 Å². The summed E-state index contributed by atoms with van der Waals surface area (Å²) in [7, 11) is 0. The summed E-state index contributed by atoms with van der Waals surface area (Å²) in [5, 5.41) is 16.1. The molecule has 0 aromatic carbocycles. The van der Waals surface area contributed by atoms with Crippen molar-refractivity contribution in [3.05, 3.63) is 41.3 Å². The van der Waals surface area contributed by atoms with Gasteiger partial charge in [0.2, 0.25) is 0 Å². The van der Waals surface area contributed by atoms with Crippen LogP contribution in [0.1, 0.15) is 10.4 Å². The van der Waals surface area contributed by atoms with Gasteiger partial charge in [-0.3, -0.25) is 4.68 Å². The van der Waals surface area contributed by atoms with Crippen molar-refractivity contribution >= 4 is 23.4 Å². The number of pyridine rings is 1. The maximum atomic E-state index is 10.8. The average molecular weight is 267 g/mol. The number of carboxylic acid groups (broad SMARTS) is 1. The highest BCUT2D eigenvalue weighted by atomic mass is 35.5. The SMILES string of the molecule is O=C(O)c1cc(Cl)nc(NCCn2cccn2)c1. The van der Waals surface area contributed by atoms with Gasteiger partial charge >= 0.3 is 5.97 Å². The molecule has 0 unspecified atom stereocenters. The molecular weight excluding hydrogens is 256 g/mol. The standard InChI is InChI=1S/C11H11ClN4O2/c12-9-6-8(11(17)18)7-10(15-9)13-3-5-16-4-1-2-14-16/h1-2,4,6-7H,3,5H2,(H,13,15)(H,17,18). The van der Waals surface area contributed by atoms with E-state index in [0.717, 1.165) is 0 Å². The molecule has 0 spiro atoms. The molecule has 2 heterocycles. The Bertz CT molecular complexity index is 542. The van der Waals surface area contributed by atoms with E-state index in [-0.39, 0.29) is 10.7 Å². The first-order valence-corrected chi connectivity index (χ1v) is 5.65. The van der Waals surface area contributed by atoms with Crippen LogP contribution in [0, 0.1) is 0 Å². The second-order valence-corrected chi connectivity index (χ2v) is 3.95. The van der Waals surface area contributed by atoms with E-state index >= 15 is 0 Å². The van der Waals surface area contributed by atoms with Crippen molar-refractivity contribution in [3.63, 3.8) is 0 Å². The second-order valence-electron chi connectivity index (χ2n) is 3.56. The number of carboxylic acids is 1. The number of rotatable bonds is 5. The third-order valence-corrected chi connectivity index (χ3v) is 2.44. The lowest BCUT2D eigenvalue weighted by atomic mass is 10.2. The van der Waals surface area contributed by atoms with Crippen molar-refractivity contribution in [1.29, 1.82) is 0 Å². The molecule has 0 fully saturated rings. The normalized spacial score (nSPS) is 10.3. The minimum absolute atomic E-state index is 0.108. The molecule has 0 bridgehead atoms. The molecule has 0 saturated heterocycles. The van der Waals surface area contributed by atoms with Gasteiger partial charge in [-0.2, -0.15) is 5.10 Å². The number of aromatic nitrogens is 3. The van der Waals surface area contributed by atoms with E-state index in [9.17, 15) is 4.79 Å². The first kappa shape index (κ1) is 12.4. The number of carbonyl (C=O) groups is 1. The third-order valence-electron chi connectivity index (χ3n) is 2.25. The molecule has 18 heavy (non-hydrogen) atoms. The van der Waals surface area contributed by atoms with Crippen molar-refractivity contribution in [3.8, 4) is 0 Å². The summed E-state index contributed by atoms with van der Waals surface area (Å²) in [6.07, 6.45) is 3.54. The molecule has 0 aliphatic carbocycles. The van der Waals surface area contributed by atoms with E-state index in [2.05, 4.69) is 15.4 Å². The van der Waals surface area contributed by atoms with Crippen molar-refractivity contribution in [2.45, 2.75) is 6.54 Å². The van der Waals surface area contributed by atoms with E-state index in [1.54, 1.807) is 10.9 Å². The van der Waals surface area contributed by atoms with E-state index in [4.69, 9.17) is 16.7 Å². The smallest absolute Gasteiger partial charge is 0.335 e. The van der Waals surface area contributed by atoms with E-state index in [0.29, 0.717) is 18.9 Å². The Morgan fingerprint density at radius 1 is 1.50 bits per heavy atom. The number of aromatic carboxylic acids is 1. The van der Waals surface area contributed by atoms with Crippen LogP contribution in [-0.2, 0) is 6.54 Å². The molecule has 2 aromatic rings. The summed E-state index contributed by atoms with van der Waals surface area (Å²) in [6.45, 7) is 1.23. The van der Waals surface area contributed by atoms with Crippen LogP contribution in [0.4, 0.5) is 5.82 Å². The predicted molar refractivity (Wildman–Crippen MR) is 66.9 cm³/mol. The molecule has 2 aromatic heterocycles. The average Bonchev–Trinajstić information content (AvgIpc) is 2.81. The van der Waals surface area contributed by atoms with Gasteiger partial charge in [0.05, 0.1) is 12.1 Å². The van der Waals surface area contributed by atoms with E-state index in [1.165, 1.54) is 12.1 Å². The Morgan fingerprint density at radius 2 is 2.33 bits per heavy atom. The quantitative estimate of drug-likeness (QED) is 0.806. The summed E-state index contributed by atoms with van der Waals surface area (Å²) in [6, 6.07) is 4.58. The molecule has 2 rings (SSSR count). The number of halogens is 1. The molecule has 2 N–H and O–H groups in total. The number of hydrogen-bond donors (Lipinski definition) is 2. The van der Waals surface area contributed by atoms with Crippen LogP contribution in [0.2, 0.25) is 5.15 Å². The summed E-state index contributed by atoms with van der Waals surface area (Å²) >= 11 is 5.74. The van der Waals surface area contributed by atoms with Crippen LogP contribution in [-0.4, -0.2) is 32.4 Å².